The van der Waals surface area contributed by atoms with Crippen LogP contribution in [0.25, 0.3) is 70.5 Å². The highest BCUT2D eigenvalue weighted by atomic mass is 32.1. The maximum atomic E-state index is 5.12. The van der Waals surface area contributed by atoms with Crippen LogP contribution in [-0.4, -0.2) is 14.5 Å². The summed E-state index contributed by atoms with van der Waals surface area (Å²) in [4.78, 5) is 10.6. The maximum absolute atomic E-state index is 5.12. The summed E-state index contributed by atoms with van der Waals surface area (Å²) in [6.45, 7) is 0. The van der Waals surface area contributed by atoms with Gasteiger partial charge in [0.25, 0.3) is 0 Å². The summed E-state index contributed by atoms with van der Waals surface area (Å²) in [7, 11) is 0. The van der Waals surface area contributed by atoms with E-state index in [1.807, 2.05) is 35.9 Å². The molecule has 0 N–H and O–H groups in total. The van der Waals surface area contributed by atoms with E-state index in [9.17, 15) is 0 Å². The van der Waals surface area contributed by atoms with Crippen molar-refractivity contribution in [2.75, 3.05) is 0 Å². The zero-order chi connectivity index (χ0) is 26.5. The molecule has 0 saturated carbocycles. The zero-order valence-corrected chi connectivity index (χ0v) is 22.3. The fourth-order valence-corrected chi connectivity index (χ4v) is 7.15. The summed E-state index contributed by atoms with van der Waals surface area (Å²) in [5.41, 5.74) is 8.07. The first kappa shape index (κ1) is 22.9. The van der Waals surface area contributed by atoms with Crippen LogP contribution in [0.1, 0.15) is 0 Å². The van der Waals surface area contributed by atoms with Crippen LogP contribution in [0.15, 0.2) is 140 Å². The Balaban J connectivity index is 1.46. The smallest absolute Gasteiger partial charge is 0.138 e. The first-order valence-electron chi connectivity index (χ1n) is 13.3. The number of rotatable bonds is 4. The number of para-hydroxylation sites is 1. The van der Waals surface area contributed by atoms with Gasteiger partial charge in [-0.15, -0.1) is 11.3 Å². The number of hydrogen-bond donors (Lipinski definition) is 0. The molecule has 4 heteroatoms. The molecule has 0 amide bonds. The third kappa shape index (κ3) is 3.58. The van der Waals surface area contributed by atoms with Gasteiger partial charge in [0.1, 0.15) is 5.82 Å². The molecule has 4 aromatic heterocycles. The molecule has 0 aliphatic rings. The van der Waals surface area contributed by atoms with Crippen molar-refractivity contribution in [1.29, 1.82) is 0 Å². The monoisotopic (exact) mass is 529 g/mol. The van der Waals surface area contributed by atoms with Gasteiger partial charge in [-0.25, -0.2) is 4.98 Å². The maximum Gasteiger partial charge on any atom is 0.138 e. The van der Waals surface area contributed by atoms with Gasteiger partial charge < -0.3 is 0 Å². The van der Waals surface area contributed by atoms with Crippen molar-refractivity contribution in [2.24, 2.45) is 0 Å². The molecule has 0 spiro atoms. The largest absolute Gasteiger partial charge is 0.294 e. The van der Waals surface area contributed by atoms with Crippen molar-refractivity contribution >= 4 is 43.2 Å². The molecule has 0 saturated heterocycles. The Bertz CT molecular complexity index is 2140. The first-order chi connectivity index (χ1) is 19.9. The summed E-state index contributed by atoms with van der Waals surface area (Å²) in [5, 5.41) is 3.79. The van der Waals surface area contributed by atoms with E-state index in [1.54, 1.807) is 0 Å². The highest BCUT2D eigenvalue weighted by molar-refractivity contribution is 7.24. The third-order valence-electron chi connectivity index (χ3n) is 7.53. The van der Waals surface area contributed by atoms with E-state index < -0.39 is 0 Å². The predicted octanol–water partition coefficient (Wildman–Crippen LogP) is 9.79. The van der Waals surface area contributed by atoms with Gasteiger partial charge in [-0.2, -0.15) is 0 Å². The standard InChI is InChI=1S/C36H23N3S/c1-3-10-25(11-4-1)33-28-18-19-31-34(36(28)40-35(33)26-12-5-2-6-13-26)27-14-7-8-16-30(27)39(31)32-17-9-15-29(38-32)24-20-22-37-23-21-24/h1-23H. The number of aromatic nitrogens is 3. The predicted molar refractivity (Wildman–Crippen MR) is 168 cm³/mol. The quantitative estimate of drug-likeness (QED) is 0.227. The second kappa shape index (κ2) is 9.30. The summed E-state index contributed by atoms with van der Waals surface area (Å²) < 4.78 is 3.61. The minimum Gasteiger partial charge on any atom is -0.294 e. The van der Waals surface area contributed by atoms with Gasteiger partial charge in [0.05, 0.1) is 16.7 Å². The third-order valence-corrected chi connectivity index (χ3v) is 8.80. The molecule has 4 aromatic carbocycles. The van der Waals surface area contributed by atoms with Crippen molar-refractivity contribution in [3.05, 3.63) is 140 Å². The van der Waals surface area contributed by atoms with Crippen molar-refractivity contribution in [3.63, 3.8) is 0 Å². The first-order valence-corrected chi connectivity index (χ1v) is 14.2. The Morgan fingerprint density at radius 2 is 1.25 bits per heavy atom. The van der Waals surface area contributed by atoms with Gasteiger partial charge in [-0.3, -0.25) is 9.55 Å². The van der Waals surface area contributed by atoms with Gasteiger partial charge in [0.2, 0.25) is 0 Å². The minimum atomic E-state index is 0.906. The fourth-order valence-electron chi connectivity index (χ4n) is 5.77. The fraction of sp³-hybridized carbons (Fsp3) is 0. The molecule has 4 heterocycles. The van der Waals surface area contributed by atoms with Gasteiger partial charge in [0, 0.05) is 49.3 Å². The van der Waals surface area contributed by atoms with Crippen molar-refractivity contribution < 1.29 is 0 Å². The molecule has 3 nitrogen and oxygen atoms in total. The van der Waals surface area contributed by atoms with E-state index in [4.69, 9.17) is 4.98 Å². The van der Waals surface area contributed by atoms with E-state index in [0.717, 1.165) is 28.1 Å². The van der Waals surface area contributed by atoms with Gasteiger partial charge >= 0.3 is 0 Å². The lowest BCUT2D eigenvalue weighted by molar-refractivity contribution is 1.08. The molecule has 0 atom stereocenters. The van der Waals surface area contributed by atoms with Crippen molar-refractivity contribution in [3.8, 4) is 38.6 Å². The number of fused-ring (bicyclic) bond motifs is 5. The second-order valence-electron chi connectivity index (χ2n) is 9.84. The summed E-state index contributed by atoms with van der Waals surface area (Å²) in [5.74, 6) is 0.906. The van der Waals surface area contributed by atoms with Crippen LogP contribution in [0.5, 0.6) is 0 Å². The lowest BCUT2D eigenvalue weighted by atomic mass is 9.98. The molecule has 0 unspecified atom stereocenters. The Hall–Kier alpha value is -5.06. The highest BCUT2D eigenvalue weighted by Gasteiger charge is 2.21. The molecule has 0 bridgehead atoms. The minimum absolute atomic E-state index is 0.906. The van der Waals surface area contributed by atoms with E-state index in [-0.39, 0.29) is 0 Å². The lowest BCUT2D eigenvalue weighted by Crippen LogP contribution is -1.98. The Labute approximate surface area is 235 Å². The summed E-state index contributed by atoms with van der Waals surface area (Å²) in [6, 6.07) is 45.0. The van der Waals surface area contributed by atoms with Crippen LogP contribution >= 0.6 is 11.3 Å². The Morgan fingerprint density at radius 1 is 0.525 bits per heavy atom. The van der Waals surface area contributed by atoms with Gasteiger partial charge in [-0.05, 0) is 47.5 Å². The summed E-state index contributed by atoms with van der Waals surface area (Å²) in [6.07, 6.45) is 3.62. The average Bonchev–Trinajstić information content (AvgIpc) is 3.59. The van der Waals surface area contributed by atoms with Crippen LogP contribution in [-0.2, 0) is 0 Å². The van der Waals surface area contributed by atoms with Crippen molar-refractivity contribution in [1.82, 2.24) is 14.5 Å². The lowest BCUT2D eigenvalue weighted by Gasteiger charge is -2.09. The molecular weight excluding hydrogens is 506 g/mol. The van der Waals surface area contributed by atoms with E-state index >= 15 is 0 Å². The Kier molecular flexibility index (Phi) is 5.32. The average molecular weight is 530 g/mol. The SMILES string of the molecule is c1ccc(-c2sc3c(ccc4c3c3ccccc3n4-c3cccc(-c4ccncc4)n3)c2-c2ccccc2)cc1. The molecule has 0 fully saturated rings. The van der Waals surface area contributed by atoms with E-state index in [0.29, 0.717) is 0 Å². The second-order valence-corrected chi connectivity index (χ2v) is 10.9. The van der Waals surface area contributed by atoms with Gasteiger partial charge in [-0.1, -0.05) is 91.0 Å². The highest BCUT2D eigenvalue weighted by Crippen LogP contribution is 2.49. The molecular formula is C36H23N3S. The molecule has 0 radical (unpaired) electrons. The van der Waals surface area contributed by atoms with Crippen molar-refractivity contribution in [2.45, 2.75) is 0 Å². The normalized spacial score (nSPS) is 11.5. The van der Waals surface area contributed by atoms with Crippen LogP contribution < -0.4 is 0 Å². The van der Waals surface area contributed by atoms with E-state index in [1.165, 1.54) is 42.4 Å². The van der Waals surface area contributed by atoms with Gasteiger partial charge in [0.15, 0.2) is 0 Å². The number of pyridine rings is 2. The zero-order valence-electron chi connectivity index (χ0n) is 21.5. The van der Waals surface area contributed by atoms with Crippen LogP contribution in [0.4, 0.5) is 0 Å². The van der Waals surface area contributed by atoms with Crippen LogP contribution in [0, 0.1) is 0 Å². The molecule has 188 valence electrons. The molecule has 0 aliphatic carbocycles. The number of thiophene rings is 1. The molecule has 40 heavy (non-hydrogen) atoms. The topological polar surface area (TPSA) is 30.7 Å². The molecule has 8 aromatic rings. The molecule has 0 aliphatic heterocycles. The summed E-state index contributed by atoms with van der Waals surface area (Å²) >= 11 is 1.88. The van der Waals surface area contributed by atoms with Crippen LogP contribution in [0.3, 0.4) is 0 Å². The number of benzene rings is 4. The van der Waals surface area contributed by atoms with Crippen LogP contribution in [0.2, 0.25) is 0 Å². The molecule has 8 rings (SSSR count). The number of hydrogen-bond acceptors (Lipinski definition) is 3. The Morgan fingerprint density at radius 3 is 2.05 bits per heavy atom. The van der Waals surface area contributed by atoms with E-state index in [2.05, 4.69) is 125 Å². The number of nitrogens with zero attached hydrogens (tertiary/aromatic N) is 3.